The van der Waals surface area contributed by atoms with Crippen LogP contribution in [0.25, 0.3) is 6.08 Å². The molecular formula is C19H16O5. The van der Waals surface area contributed by atoms with E-state index in [0.717, 1.165) is 12.0 Å². The lowest BCUT2D eigenvalue weighted by atomic mass is 10.1. The van der Waals surface area contributed by atoms with Crippen LogP contribution in [0.2, 0.25) is 0 Å². The Morgan fingerprint density at radius 2 is 1.96 bits per heavy atom. The molecule has 0 aliphatic carbocycles. The fourth-order valence-corrected chi connectivity index (χ4v) is 2.63. The van der Waals surface area contributed by atoms with Gasteiger partial charge in [0, 0.05) is 6.07 Å². The van der Waals surface area contributed by atoms with Gasteiger partial charge in [-0.2, -0.15) is 0 Å². The predicted octanol–water partition coefficient (Wildman–Crippen LogP) is 3.82. The standard InChI is InChI=1S/C19H16O5/c1-2-7-21-13-4-5-14-16(10-13)24-18(19(14)20)9-12-3-6-15-17(8-12)23-11-22-15/h3-6,8-10H,2,7,11H2,1H3. The molecule has 0 aromatic heterocycles. The number of benzene rings is 2. The molecule has 0 fully saturated rings. The van der Waals surface area contributed by atoms with E-state index in [2.05, 4.69) is 0 Å². The summed E-state index contributed by atoms with van der Waals surface area (Å²) >= 11 is 0. The third-order valence-electron chi connectivity index (χ3n) is 3.81. The van der Waals surface area contributed by atoms with Crippen molar-refractivity contribution in [3.63, 3.8) is 0 Å². The number of ketones is 1. The van der Waals surface area contributed by atoms with E-state index in [9.17, 15) is 4.79 Å². The molecule has 0 saturated carbocycles. The van der Waals surface area contributed by atoms with E-state index in [1.165, 1.54) is 0 Å². The smallest absolute Gasteiger partial charge is 0.231 e. The average molecular weight is 324 g/mol. The minimum Gasteiger partial charge on any atom is -0.493 e. The Morgan fingerprint density at radius 3 is 2.83 bits per heavy atom. The van der Waals surface area contributed by atoms with Crippen LogP contribution in [0.3, 0.4) is 0 Å². The molecule has 0 unspecified atom stereocenters. The van der Waals surface area contributed by atoms with Gasteiger partial charge in [-0.25, -0.2) is 0 Å². The molecule has 0 bridgehead atoms. The van der Waals surface area contributed by atoms with Gasteiger partial charge in [-0.1, -0.05) is 13.0 Å². The van der Waals surface area contributed by atoms with Gasteiger partial charge in [0.1, 0.15) is 11.5 Å². The lowest BCUT2D eigenvalue weighted by molar-refractivity contribution is 0.101. The van der Waals surface area contributed by atoms with E-state index in [0.29, 0.717) is 35.2 Å². The third kappa shape index (κ3) is 2.58. The maximum atomic E-state index is 12.5. The summed E-state index contributed by atoms with van der Waals surface area (Å²) in [4.78, 5) is 12.5. The summed E-state index contributed by atoms with van der Waals surface area (Å²) in [7, 11) is 0. The van der Waals surface area contributed by atoms with Gasteiger partial charge in [-0.3, -0.25) is 4.79 Å². The van der Waals surface area contributed by atoms with E-state index in [4.69, 9.17) is 18.9 Å². The maximum Gasteiger partial charge on any atom is 0.231 e. The van der Waals surface area contributed by atoms with Gasteiger partial charge in [0.2, 0.25) is 12.6 Å². The zero-order valence-electron chi connectivity index (χ0n) is 13.2. The summed E-state index contributed by atoms with van der Waals surface area (Å²) in [6.45, 7) is 2.89. The van der Waals surface area contributed by atoms with Gasteiger partial charge in [0.15, 0.2) is 17.3 Å². The van der Waals surface area contributed by atoms with E-state index < -0.39 is 0 Å². The summed E-state index contributed by atoms with van der Waals surface area (Å²) in [6.07, 6.45) is 2.63. The van der Waals surface area contributed by atoms with Crippen LogP contribution in [0.15, 0.2) is 42.2 Å². The molecule has 122 valence electrons. The highest BCUT2D eigenvalue weighted by Gasteiger charge is 2.28. The summed E-state index contributed by atoms with van der Waals surface area (Å²) in [5.74, 6) is 2.76. The van der Waals surface area contributed by atoms with Crippen LogP contribution in [0.4, 0.5) is 0 Å². The second kappa shape index (κ2) is 5.92. The molecule has 2 aliphatic heterocycles. The summed E-state index contributed by atoms with van der Waals surface area (Å²) in [5.41, 5.74) is 1.36. The Kier molecular flexibility index (Phi) is 3.61. The Morgan fingerprint density at radius 1 is 1.08 bits per heavy atom. The lowest BCUT2D eigenvalue weighted by Crippen LogP contribution is -1.98. The Labute approximate surface area is 139 Å². The number of allylic oxidation sites excluding steroid dienone is 1. The van der Waals surface area contributed by atoms with E-state index in [-0.39, 0.29) is 18.3 Å². The predicted molar refractivity (Wildman–Crippen MR) is 87.7 cm³/mol. The molecule has 4 rings (SSSR count). The highest BCUT2D eigenvalue weighted by atomic mass is 16.7. The van der Waals surface area contributed by atoms with E-state index in [1.807, 2.05) is 25.1 Å². The topological polar surface area (TPSA) is 54.0 Å². The number of hydrogen-bond donors (Lipinski definition) is 0. The second-order valence-electron chi connectivity index (χ2n) is 5.56. The van der Waals surface area contributed by atoms with Crippen molar-refractivity contribution < 1.29 is 23.7 Å². The molecule has 24 heavy (non-hydrogen) atoms. The van der Waals surface area contributed by atoms with Crippen LogP contribution in [-0.2, 0) is 0 Å². The quantitative estimate of drug-likeness (QED) is 0.800. The van der Waals surface area contributed by atoms with Gasteiger partial charge in [-0.15, -0.1) is 0 Å². The van der Waals surface area contributed by atoms with Crippen molar-refractivity contribution in [2.75, 3.05) is 13.4 Å². The second-order valence-corrected chi connectivity index (χ2v) is 5.56. The summed E-state index contributed by atoms with van der Waals surface area (Å²) in [5, 5.41) is 0. The number of ether oxygens (including phenoxy) is 4. The van der Waals surface area contributed by atoms with Gasteiger partial charge in [0.05, 0.1) is 12.2 Å². The first-order valence-corrected chi connectivity index (χ1v) is 7.85. The van der Waals surface area contributed by atoms with Gasteiger partial charge in [-0.05, 0) is 42.3 Å². The molecule has 0 atom stereocenters. The molecule has 2 aromatic rings. The SMILES string of the molecule is CCCOc1ccc2c(c1)OC(=Cc1ccc3c(c1)OCO3)C2=O. The zero-order valence-corrected chi connectivity index (χ0v) is 13.2. The largest absolute Gasteiger partial charge is 0.493 e. The molecule has 0 radical (unpaired) electrons. The molecule has 0 amide bonds. The van der Waals surface area contributed by atoms with Crippen molar-refractivity contribution in [3.05, 3.63) is 53.3 Å². The molecular weight excluding hydrogens is 308 g/mol. The Balaban J connectivity index is 1.60. The summed E-state index contributed by atoms with van der Waals surface area (Å²) < 4.78 is 21.9. The van der Waals surface area contributed by atoms with Crippen LogP contribution in [0.1, 0.15) is 29.3 Å². The number of Topliss-reactive ketones (excluding diaryl/α,β-unsaturated/α-hetero) is 1. The fourth-order valence-electron chi connectivity index (χ4n) is 2.63. The Bertz CT molecular complexity index is 838. The third-order valence-corrected chi connectivity index (χ3v) is 3.81. The van der Waals surface area contributed by atoms with Crippen LogP contribution in [0.5, 0.6) is 23.0 Å². The highest BCUT2D eigenvalue weighted by molar-refractivity contribution is 6.14. The molecule has 2 aromatic carbocycles. The molecule has 5 heteroatoms. The molecule has 5 nitrogen and oxygen atoms in total. The molecule has 0 spiro atoms. The first-order valence-electron chi connectivity index (χ1n) is 7.85. The van der Waals surface area contributed by atoms with Crippen molar-refractivity contribution in [2.45, 2.75) is 13.3 Å². The van der Waals surface area contributed by atoms with Crippen LogP contribution in [-0.4, -0.2) is 19.2 Å². The highest BCUT2D eigenvalue weighted by Crippen LogP contribution is 2.36. The summed E-state index contributed by atoms with van der Waals surface area (Å²) in [6, 6.07) is 10.8. The van der Waals surface area contributed by atoms with Crippen molar-refractivity contribution in [2.24, 2.45) is 0 Å². The lowest BCUT2D eigenvalue weighted by Gasteiger charge is -2.05. The van der Waals surface area contributed by atoms with Crippen molar-refractivity contribution in [1.82, 2.24) is 0 Å². The van der Waals surface area contributed by atoms with Crippen molar-refractivity contribution in [1.29, 1.82) is 0 Å². The molecule has 2 heterocycles. The Hall–Kier alpha value is -2.95. The molecule has 0 N–H and O–H groups in total. The molecule has 2 aliphatic rings. The van der Waals surface area contributed by atoms with Gasteiger partial charge < -0.3 is 18.9 Å². The van der Waals surface area contributed by atoms with Crippen LogP contribution >= 0.6 is 0 Å². The number of rotatable bonds is 4. The van der Waals surface area contributed by atoms with Crippen LogP contribution in [0, 0.1) is 0 Å². The fraction of sp³-hybridized carbons (Fsp3) is 0.211. The number of carbonyl (C=O) groups excluding carboxylic acids is 1. The van der Waals surface area contributed by atoms with E-state index in [1.54, 1.807) is 24.3 Å². The monoisotopic (exact) mass is 324 g/mol. The molecule has 0 saturated heterocycles. The average Bonchev–Trinajstić information content (AvgIpc) is 3.17. The van der Waals surface area contributed by atoms with Crippen LogP contribution < -0.4 is 18.9 Å². The maximum absolute atomic E-state index is 12.5. The van der Waals surface area contributed by atoms with Crippen molar-refractivity contribution >= 4 is 11.9 Å². The number of hydrogen-bond acceptors (Lipinski definition) is 5. The first kappa shape index (κ1) is 14.6. The van der Waals surface area contributed by atoms with Gasteiger partial charge >= 0.3 is 0 Å². The van der Waals surface area contributed by atoms with Gasteiger partial charge in [0.25, 0.3) is 0 Å². The van der Waals surface area contributed by atoms with E-state index >= 15 is 0 Å². The number of carbonyl (C=O) groups is 1. The zero-order chi connectivity index (χ0) is 16.5. The van der Waals surface area contributed by atoms with Crippen molar-refractivity contribution in [3.8, 4) is 23.0 Å². The normalized spacial score (nSPS) is 16.2. The number of fused-ring (bicyclic) bond motifs is 2. The minimum absolute atomic E-state index is 0.135. The first-order chi connectivity index (χ1) is 11.7. The minimum atomic E-state index is -0.135.